The third-order valence-electron chi connectivity index (χ3n) is 3.99. The summed E-state index contributed by atoms with van der Waals surface area (Å²) in [7, 11) is 0. The topological polar surface area (TPSA) is 94.8 Å². The van der Waals surface area contributed by atoms with E-state index in [2.05, 4.69) is 6.92 Å². The molecule has 0 saturated carbocycles. The van der Waals surface area contributed by atoms with Crippen molar-refractivity contribution in [2.24, 2.45) is 5.92 Å². The van der Waals surface area contributed by atoms with Crippen LogP contribution in [0, 0.1) is 5.92 Å². The molecule has 0 saturated heterocycles. The van der Waals surface area contributed by atoms with Crippen molar-refractivity contribution in [1.82, 2.24) is 0 Å². The molecule has 0 heterocycles. The Morgan fingerprint density at radius 2 is 1.32 bits per heavy atom. The van der Waals surface area contributed by atoms with E-state index in [4.69, 9.17) is 10.2 Å². The van der Waals surface area contributed by atoms with Crippen molar-refractivity contribution in [2.45, 2.75) is 83.7 Å². The molecule has 0 spiro atoms. The molecule has 0 aromatic heterocycles. The van der Waals surface area contributed by atoms with Crippen molar-refractivity contribution in [2.75, 3.05) is 6.61 Å². The Morgan fingerprint density at radius 3 is 1.73 bits per heavy atom. The van der Waals surface area contributed by atoms with Crippen molar-refractivity contribution >= 4 is 11.8 Å². The first-order valence-electron chi connectivity index (χ1n) is 8.60. The summed E-state index contributed by atoms with van der Waals surface area (Å²) < 4.78 is 0. The number of carboxylic acid groups (broad SMARTS) is 1. The Kier molecular flexibility index (Phi) is 13.1. The molecule has 2 unspecified atom stereocenters. The van der Waals surface area contributed by atoms with E-state index < -0.39 is 30.4 Å². The molecule has 0 radical (unpaired) electrons. The maximum atomic E-state index is 11.6. The van der Waals surface area contributed by atoms with E-state index in [1.165, 1.54) is 38.5 Å². The molecule has 5 heteroatoms. The number of hydrogen-bond acceptors (Lipinski definition) is 4. The van der Waals surface area contributed by atoms with Crippen LogP contribution in [0.1, 0.15) is 77.6 Å². The SMILES string of the molecule is CCCCCCCCCCCCC(C(=O)O)C(=O)C(O)CO. The van der Waals surface area contributed by atoms with E-state index >= 15 is 0 Å². The first kappa shape index (κ1) is 21.1. The number of rotatable bonds is 15. The number of hydrogen-bond donors (Lipinski definition) is 3. The van der Waals surface area contributed by atoms with Crippen molar-refractivity contribution in [3.05, 3.63) is 0 Å². The lowest BCUT2D eigenvalue weighted by Gasteiger charge is -2.14. The van der Waals surface area contributed by atoms with Gasteiger partial charge in [0, 0.05) is 0 Å². The van der Waals surface area contributed by atoms with Gasteiger partial charge in [-0.2, -0.15) is 0 Å². The molecule has 0 aliphatic heterocycles. The predicted octanol–water partition coefficient (Wildman–Crippen LogP) is 2.92. The molecule has 0 amide bonds. The van der Waals surface area contributed by atoms with Gasteiger partial charge in [-0.1, -0.05) is 71.1 Å². The van der Waals surface area contributed by atoms with Crippen molar-refractivity contribution in [3.8, 4) is 0 Å². The number of ketones is 1. The molecule has 0 bridgehead atoms. The molecule has 0 aliphatic carbocycles. The summed E-state index contributed by atoms with van der Waals surface area (Å²) in [6.45, 7) is 1.48. The van der Waals surface area contributed by atoms with Crippen LogP contribution in [0.4, 0.5) is 0 Å². The summed E-state index contributed by atoms with van der Waals surface area (Å²) >= 11 is 0. The third-order valence-corrected chi connectivity index (χ3v) is 3.99. The average Bonchev–Trinajstić information content (AvgIpc) is 2.51. The van der Waals surface area contributed by atoms with Gasteiger partial charge < -0.3 is 15.3 Å². The lowest BCUT2D eigenvalue weighted by atomic mass is 9.93. The largest absolute Gasteiger partial charge is 0.481 e. The number of Topliss-reactive ketones (excluding diaryl/α,β-unsaturated/α-hetero) is 1. The smallest absolute Gasteiger partial charge is 0.314 e. The molecule has 2 atom stereocenters. The van der Waals surface area contributed by atoms with Gasteiger partial charge in [0.05, 0.1) is 6.61 Å². The minimum Gasteiger partial charge on any atom is -0.481 e. The minimum absolute atomic E-state index is 0.238. The normalized spacial score (nSPS) is 13.8. The highest BCUT2D eigenvalue weighted by atomic mass is 16.4. The van der Waals surface area contributed by atoms with Gasteiger partial charge in [0.1, 0.15) is 12.0 Å². The molecule has 130 valence electrons. The fourth-order valence-electron chi connectivity index (χ4n) is 2.55. The second-order valence-corrected chi connectivity index (χ2v) is 5.96. The summed E-state index contributed by atoms with van der Waals surface area (Å²) in [6.07, 6.45) is 10.1. The van der Waals surface area contributed by atoms with Gasteiger partial charge in [0.15, 0.2) is 5.78 Å². The van der Waals surface area contributed by atoms with Gasteiger partial charge in [-0.15, -0.1) is 0 Å². The van der Waals surface area contributed by atoms with Crippen LogP contribution in [0.15, 0.2) is 0 Å². The van der Waals surface area contributed by atoms with Gasteiger partial charge in [-0.05, 0) is 6.42 Å². The fourth-order valence-corrected chi connectivity index (χ4v) is 2.55. The number of unbranched alkanes of at least 4 members (excludes halogenated alkanes) is 9. The molecule has 0 fully saturated rings. The molecule has 22 heavy (non-hydrogen) atoms. The lowest BCUT2D eigenvalue weighted by Crippen LogP contribution is -2.35. The average molecular weight is 316 g/mol. The molecule has 5 nitrogen and oxygen atoms in total. The van der Waals surface area contributed by atoms with E-state index in [0.717, 1.165) is 19.3 Å². The Labute approximate surface area is 133 Å². The Morgan fingerprint density at radius 1 is 0.864 bits per heavy atom. The summed E-state index contributed by atoms with van der Waals surface area (Å²) in [5, 5.41) is 27.0. The highest BCUT2D eigenvalue weighted by Crippen LogP contribution is 2.16. The first-order chi connectivity index (χ1) is 10.5. The van der Waals surface area contributed by atoms with Gasteiger partial charge in [-0.25, -0.2) is 0 Å². The Bertz CT molecular complexity index is 303. The van der Waals surface area contributed by atoms with E-state index in [9.17, 15) is 14.7 Å². The number of aliphatic hydroxyl groups is 2. The van der Waals surface area contributed by atoms with Crippen LogP contribution in [0.25, 0.3) is 0 Å². The van der Waals surface area contributed by atoms with Crippen LogP contribution in [-0.4, -0.2) is 39.8 Å². The van der Waals surface area contributed by atoms with Crippen molar-refractivity contribution in [3.63, 3.8) is 0 Å². The van der Waals surface area contributed by atoms with Crippen LogP contribution in [0.2, 0.25) is 0 Å². The standard InChI is InChI=1S/C17H32O5/c1-2-3-4-5-6-7-8-9-10-11-12-14(17(21)22)16(20)15(19)13-18/h14-15,18-19H,2-13H2,1H3,(H,21,22). The van der Waals surface area contributed by atoms with Gasteiger partial charge >= 0.3 is 5.97 Å². The van der Waals surface area contributed by atoms with Gasteiger partial charge in [0.2, 0.25) is 0 Å². The van der Waals surface area contributed by atoms with Crippen LogP contribution in [0.5, 0.6) is 0 Å². The Hall–Kier alpha value is -0.940. The summed E-state index contributed by atoms with van der Waals surface area (Å²) in [5.41, 5.74) is 0. The number of carboxylic acids is 1. The van der Waals surface area contributed by atoms with Crippen LogP contribution < -0.4 is 0 Å². The van der Waals surface area contributed by atoms with Gasteiger partial charge in [0.25, 0.3) is 0 Å². The zero-order chi connectivity index (χ0) is 16.8. The fraction of sp³-hybridized carbons (Fsp3) is 0.882. The van der Waals surface area contributed by atoms with E-state index in [0.29, 0.717) is 6.42 Å². The van der Waals surface area contributed by atoms with E-state index in [1.807, 2.05) is 0 Å². The summed E-state index contributed by atoms with van der Waals surface area (Å²) in [4.78, 5) is 22.7. The number of carbonyl (C=O) groups excluding carboxylic acids is 1. The second kappa shape index (κ2) is 13.7. The molecule has 3 N–H and O–H groups in total. The Balaban J connectivity index is 3.70. The number of aliphatic hydroxyl groups excluding tert-OH is 2. The number of carbonyl (C=O) groups is 2. The maximum absolute atomic E-state index is 11.6. The number of aliphatic carboxylic acids is 1. The predicted molar refractivity (Wildman–Crippen MR) is 85.7 cm³/mol. The van der Waals surface area contributed by atoms with Crippen LogP contribution >= 0.6 is 0 Å². The zero-order valence-electron chi connectivity index (χ0n) is 13.8. The molecule has 0 aromatic rings. The highest BCUT2D eigenvalue weighted by molar-refractivity contribution is 6.00. The maximum Gasteiger partial charge on any atom is 0.314 e. The molecule has 0 aromatic carbocycles. The van der Waals surface area contributed by atoms with E-state index in [1.54, 1.807) is 0 Å². The van der Waals surface area contributed by atoms with Gasteiger partial charge in [-0.3, -0.25) is 9.59 Å². The zero-order valence-corrected chi connectivity index (χ0v) is 13.8. The highest BCUT2D eigenvalue weighted by Gasteiger charge is 2.30. The molecular formula is C17H32O5. The third kappa shape index (κ3) is 9.90. The molecule has 0 rings (SSSR count). The minimum atomic E-state index is -1.58. The van der Waals surface area contributed by atoms with Crippen molar-refractivity contribution < 1.29 is 24.9 Å². The monoisotopic (exact) mass is 316 g/mol. The summed E-state index contributed by atoms with van der Waals surface area (Å²) in [6, 6.07) is 0. The summed E-state index contributed by atoms with van der Waals surface area (Å²) in [5.74, 6) is -3.20. The first-order valence-corrected chi connectivity index (χ1v) is 8.60. The second-order valence-electron chi connectivity index (χ2n) is 5.96. The molecular weight excluding hydrogens is 284 g/mol. The van der Waals surface area contributed by atoms with Crippen molar-refractivity contribution in [1.29, 1.82) is 0 Å². The lowest BCUT2D eigenvalue weighted by molar-refractivity contribution is -0.150. The quantitative estimate of drug-likeness (QED) is 0.319. The van der Waals surface area contributed by atoms with E-state index in [-0.39, 0.29) is 6.42 Å². The molecule has 0 aliphatic rings. The van der Waals surface area contributed by atoms with Crippen LogP contribution in [-0.2, 0) is 9.59 Å². The van der Waals surface area contributed by atoms with Crippen LogP contribution in [0.3, 0.4) is 0 Å².